The molecule has 0 atom stereocenters. The summed E-state index contributed by atoms with van der Waals surface area (Å²) in [6, 6.07) is 3.76. The van der Waals surface area contributed by atoms with E-state index < -0.39 is 0 Å². The highest BCUT2D eigenvalue weighted by atomic mass is 35.5. The summed E-state index contributed by atoms with van der Waals surface area (Å²) in [5.74, 6) is 0.939. The zero-order chi connectivity index (χ0) is 10.4. The zero-order valence-corrected chi connectivity index (χ0v) is 9.29. The molecule has 0 spiro atoms. The number of hydrogen-bond acceptors (Lipinski definition) is 3. The summed E-state index contributed by atoms with van der Waals surface area (Å²) in [6.07, 6.45) is 1.66. The second-order valence-corrected chi connectivity index (χ2v) is 3.34. The molecule has 0 N–H and O–H groups in total. The Bertz CT molecular complexity index is 263. The zero-order valence-electron chi connectivity index (χ0n) is 8.53. The van der Waals surface area contributed by atoms with Crippen LogP contribution in [0.2, 0.25) is 5.02 Å². The maximum Gasteiger partial charge on any atom is 0.128 e. The highest BCUT2D eigenvalue weighted by Gasteiger charge is 2.04. The quantitative estimate of drug-likeness (QED) is 0.752. The predicted octanol–water partition coefficient (Wildman–Crippen LogP) is 2.21. The smallest absolute Gasteiger partial charge is 0.128 e. The van der Waals surface area contributed by atoms with Crippen molar-refractivity contribution in [2.75, 3.05) is 31.7 Å². The van der Waals surface area contributed by atoms with E-state index in [4.69, 9.17) is 16.3 Å². The molecule has 0 aliphatic heterocycles. The van der Waals surface area contributed by atoms with Crippen LogP contribution in [-0.4, -0.2) is 31.8 Å². The molecule has 78 valence electrons. The maximum absolute atomic E-state index is 5.76. The summed E-state index contributed by atoms with van der Waals surface area (Å²) in [5.41, 5.74) is 0. The van der Waals surface area contributed by atoms with Gasteiger partial charge in [-0.1, -0.05) is 11.6 Å². The summed E-state index contributed by atoms with van der Waals surface area (Å²) in [6.45, 7) is 4.56. The lowest BCUT2D eigenvalue weighted by atomic mass is 10.4. The van der Waals surface area contributed by atoms with Crippen LogP contribution in [0, 0.1) is 0 Å². The maximum atomic E-state index is 5.76. The van der Waals surface area contributed by atoms with Crippen molar-refractivity contribution in [2.45, 2.75) is 6.92 Å². The van der Waals surface area contributed by atoms with E-state index in [9.17, 15) is 0 Å². The van der Waals surface area contributed by atoms with Crippen LogP contribution in [0.3, 0.4) is 0 Å². The van der Waals surface area contributed by atoms with Gasteiger partial charge in [-0.2, -0.15) is 0 Å². The summed E-state index contributed by atoms with van der Waals surface area (Å²) in [7, 11) is 1.70. The molecule has 1 aromatic rings. The third-order valence-electron chi connectivity index (χ3n) is 1.98. The minimum atomic E-state index is 0.663. The van der Waals surface area contributed by atoms with Crippen molar-refractivity contribution in [1.82, 2.24) is 4.98 Å². The van der Waals surface area contributed by atoms with Crippen molar-refractivity contribution in [2.24, 2.45) is 0 Å². The Hall–Kier alpha value is -0.800. The number of likely N-dealkylation sites (N-methyl/N-ethyl adjacent to an activating group) is 1. The van der Waals surface area contributed by atoms with Crippen molar-refractivity contribution < 1.29 is 4.74 Å². The van der Waals surface area contributed by atoms with E-state index in [1.807, 2.05) is 12.1 Å². The summed E-state index contributed by atoms with van der Waals surface area (Å²) in [4.78, 5) is 6.38. The Kier molecular flexibility index (Phi) is 4.70. The minimum Gasteiger partial charge on any atom is -0.383 e. The molecule has 0 saturated carbocycles. The average molecular weight is 215 g/mol. The highest BCUT2D eigenvalue weighted by Crippen LogP contribution is 2.13. The molecule has 0 amide bonds. The van der Waals surface area contributed by atoms with Gasteiger partial charge in [0, 0.05) is 26.4 Å². The van der Waals surface area contributed by atoms with Gasteiger partial charge in [0.25, 0.3) is 0 Å². The molecule has 1 heterocycles. The number of aromatic nitrogens is 1. The van der Waals surface area contributed by atoms with Gasteiger partial charge < -0.3 is 9.64 Å². The third kappa shape index (κ3) is 3.16. The molecule has 1 rings (SSSR count). The van der Waals surface area contributed by atoms with E-state index in [-0.39, 0.29) is 0 Å². The van der Waals surface area contributed by atoms with Gasteiger partial charge in [-0.15, -0.1) is 0 Å². The summed E-state index contributed by atoms with van der Waals surface area (Å²) in [5, 5.41) is 0.663. The van der Waals surface area contributed by atoms with Crippen molar-refractivity contribution in [3.05, 3.63) is 23.4 Å². The fraction of sp³-hybridized carbons (Fsp3) is 0.500. The number of methoxy groups -OCH3 is 1. The molecular formula is C10H15ClN2O. The molecule has 0 saturated heterocycles. The summed E-state index contributed by atoms with van der Waals surface area (Å²) >= 11 is 5.76. The third-order valence-corrected chi connectivity index (χ3v) is 2.21. The van der Waals surface area contributed by atoms with Gasteiger partial charge in [-0.25, -0.2) is 4.98 Å². The molecule has 0 unspecified atom stereocenters. The number of pyridine rings is 1. The van der Waals surface area contributed by atoms with Gasteiger partial charge in [0.15, 0.2) is 0 Å². The van der Waals surface area contributed by atoms with E-state index in [2.05, 4.69) is 16.8 Å². The number of ether oxygens (including phenoxy) is 1. The second kappa shape index (κ2) is 5.83. The number of hydrogen-bond donors (Lipinski definition) is 0. The van der Waals surface area contributed by atoms with Gasteiger partial charge in [0.1, 0.15) is 5.82 Å². The first kappa shape index (κ1) is 11.3. The molecule has 0 fully saturated rings. The molecule has 0 radical (unpaired) electrons. The molecular weight excluding hydrogens is 200 g/mol. The van der Waals surface area contributed by atoms with Crippen LogP contribution in [-0.2, 0) is 4.74 Å². The SMILES string of the molecule is CCN(CCOC)c1ccc(Cl)cn1. The van der Waals surface area contributed by atoms with Crippen LogP contribution in [0.4, 0.5) is 5.82 Å². The first-order chi connectivity index (χ1) is 6.77. The molecule has 14 heavy (non-hydrogen) atoms. The first-order valence-electron chi connectivity index (χ1n) is 4.63. The lowest BCUT2D eigenvalue weighted by Crippen LogP contribution is -2.27. The van der Waals surface area contributed by atoms with Crippen LogP contribution in [0.15, 0.2) is 18.3 Å². The lowest BCUT2D eigenvalue weighted by molar-refractivity contribution is 0.205. The number of rotatable bonds is 5. The second-order valence-electron chi connectivity index (χ2n) is 2.91. The highest BCUT2D eigenvalue weighted by molar-refractivity contribution is 6.30. The van der Waals surface area contributed by atoms with E-state index in [1.165, 1.54) is 0 Å². The number of nitrogens with zero attached hydrogens (tertiary/aromatic N) is 2. The minimum absolute atomic E-state index is 0.663. The largest absolute Gasteiger partial charge is 0.383 e. The fourth-order valence-electron chi connectivity index (χ4n) is 1.19. The fourth-order valence-corrected chi connectivity index (χ4v) is 1.30. The van der Waals surface area contributed by atoms with Crippen LogP contribution in [0.1, 0.15) is 6.92 Å². The predicted molar refractivity (Wildman–Crippen MR) is 59.0 cm³/mol. The molecule has 0 bridgehead atoms. The Labute approximate surface area is 89.7 Å². The van der Waals surface area contributed by atoms with E-state index in [0.717, 1.165) is 18.9 Å². The first-order valence-corrected chi connectivity index (χ1v) is 5.01. The van der Waals surface area contributed by atoms with Gasteiger partial charge >= 0.3 is 0 Å². The van der Waals surface area contributed by atoms with Crippen LogP contribution in [0.5, 0.6) is 0 Å². The van der Waals surface area contributed by atoms with Crippen molar-refractivity contribution >= 4 is 17.4 Å². The number of halogens is 1. The molecule has 4 heteroatoms. The Morgan fingerprint density at radius 3 is 2.79 bits per heavy atom. The van der Waals surface area contributed by atoms with E-state index in [0.29, 0.717) is 11.6 Å². The van der Waals surface area contributed by atoms with E-state index >= 15 is 0 Å². The standard InChI is InChI=1S/C10H15ClN2O/c1-3-13(6-7-14-2)10-5-4-9(11)8-12-10/h4-5,8H,3,6-7H2,1-2H3. The molecule has 0 aromatic carbocycles. The van der Waals surface area contributed by atoms with Gasteiger partial charge in [-0.3, -0.25) is 0 Å². The average Bonchev–Trinajstić information content (AvgIpc) is 2.21. The molecule has 1 aromatic heterocycles. The summed E-state index contributed by atoms with van der Waals surface area (Å²) < 4.78 is 5.02. The van der Waals surface area contributed by atoms with Crippen LogP contribution < -0.4 is 4.90 Å². The van der Waals surface area contributed by atoms with Crippen molar-refractivity contribution in [3.8, 4) is 0 Å². The lowest BCUT2D eigenvalue weighted by Gasteiger charge is -2.21. The van der Waals surface area contributed by atoms with Crippen LogP contribution >= 0.6 is 11.6 Å². The van der Waals surface area contributed by atoms with Gasteiger partial charge in [0.05, 0.1) is 11.6 Å². The molecule has 0 aliphatic rings. The Morgan fingerprint density at radius 1 is 1.50 bits per heavy atom. The Balaban J connectivity index is 2.64. The Morgan fingerprint density at radius 2 is 2.29 bits per heavy atom. The topological polar surface area (TPSA) is 25.4 Å². The molecule has 3 nitrogen and oxygen atoms in total. The van der Waals surface area contributed by atoms with Crippen molar-refractivity contribution in [1.29, 1.82) is 0 Å². The van der Waals surface area contributed by atoms with Crippen molar-refractivity contribution in [3.63, 3.8) is 0 Å². The van der Waals surface area contributed by atoms with Gasteiger partial charge in [-0.05, 0) is 19.1 Å². The monoisotopic (exact) mass is 214 g/mol. The van der Waals surface area contributed by atoms with Crippen LogP contribution in [0.25, 0.3) is 0 Å². The normalized spacial score (nSPS) is 10.2. The molecule has 0 aliphatic carbocycles. The van der Waals surface area contributed by atoms with E-state index in [1.54, 1.807) is 13.3 Å². The van der Waals surface area contributed by atoms with Gasteiger partial charge in [0.2, 0.25) is 0 Å². The number of anilines is 1.